The SMILES string of the molecule is CSc1sccc1-c1ccsc1C. The molecule has 0 N–H and O–H groups in total. The van der Waals surface area contributed by atoms with Gasteiger partial charge in [0.05, 0.1) is 4.21 Å². The topological polar surface area (TPSA) is 0 Å². The van der Waals surface area contributed by atoms with Crippen molar-refractivity contribution >= 4 is 34.4 Å². The van der Waals surface area contributed by atoms with Crippen LogP contribution in [0.4, 0.5) is 0 Å². The molecule has 0 saturated carbocycles. The van der Waals surface area contributed by atoms with Crippen molar-refractivity contribution in [2.75, 3.05) is 6.26 Å². The largest absolute Gasteiger partial charge is 0.149 e. The maximum atomic E-state index is 2.21. The van der Waals surface area contributed by atoms with E-state index in [1.807, 2.05) is 34.4 Å². The Kier molecular flexibility index (Phi) is 2.77. The van der Waals surface area contributed by atoms with E-state index in [-0.39, 0.29) is 0 Å². The molecule has 0 aliphatic carbocycles. The Balaban J connectivity index is 2.52. The van der Waals surface area contributed by atoms with Gasteiger partial charge < -0.3 is 0 Å². The molecule has 13 heavy (non-hydrogen) atoms. The Bertz CT molecular complexity index is 398. The summed E-state index contributed by atoms with van der Waals surface area (Å²) in [7, 11) is 0. The third kappa shape index (κ3) is 1.68. The minimum atomic E-state index is 1.40. The van der Waals surface area contributed by atoms with E-state index >= 15 is 0 Å². The summed E-state index contributed by atoms with van der Waals surface area (Å²) in [4.78, 5) is 1.41. The fourth-order valence-electron chi connectivity index (χ4n) is 1.32. The molecule has 2 rings (SSSR count). The minimum absolute atomic E-state index is 1.40. The van der Waals surface area contributed by atoms with Gasteiger partial charge in [-0.05, 0) is 41.6 Å². The monoisotopic (exact) mass is 226 g/mol. The summed E-state index contributed by atoms with van der Waals surface area (Å²) in [5, 5.41) is 4.32. The van der Waals surface area contributed by atoms with Crippen molar-refractivity contribution in [3.8, 4) is 11.1 Å². The zero-order valence-electron chi connectivity index (χ0n) is 7.53. The van der Waals surface area contributed by atoms with Crippen molar-refractivity contribution in [2.24, 2.45) is 0 Å². The zero-order chi connectivity index (χ0) is 9.26. The van der Waals surface area contributed by atoms with Crippen LogP contribution in [0.3, 0.4) is 0 Å². The summed E-state index contributed by atoms with van der Waals surface area (Å²) < 4.78 is 1.42. The maximum Gasteiger partial charge on any atom is 0.0674 e. The van der Waals surface area contributed by atoms with E-state index in [9.17, 15) is 0 Å². The summed E-state index contributed by atoms with van der Waals surface area (Å²) >= 11 is 5.47. The van der Waals surface area contributed by atoms with Gasteiger partial charge in [-0.25, -0.2) is 0 Å². The zero-order valence-corrected chi connectivity index (χ0v) is 9.98. The highest BCUT2D eigenvalue weighted by Crippen LogP contribution is 2.37. The molecule has 0 nitrogen and oxygen atoms in total. The molecule has 2 aromatic heterocycles. The highest BCUT2D eigenvalue weighted by Gasteiger charge is 2.08. The van der Waals surface area contributed by atoms with Crippen molar-refractivity contribution in [2.45, 2.75) is 11.1 Å². The quantitative estimate of drug-likeness (QED) is 0.679. The van der Waals surface area contributed by atoms with Crippen LogP contribution in [0.1, 0.15) is 4.88 Å². The maximum absolute atomic E-state index is 2.21. The molecule has 0 amide bonds. The third-order valence-corrected chi connectivity index (χ3v) is 4.90. The highest BCUT2D eigenvalue weighted by atomic mass is 32.2. The van der Waals surface area contributed by atoms with Crippen LogP contribution < -0.4 is 0 Å². The lowest BCUT2D eigenvalue weighted by Crippen LogP contribution is -1.73. The molecule has 0 bridgehead atoms. The predicted molar refractivity (Wildman–Crippen MR) is 64.2 cm³/mol. The van der Waals surface area contributed by atoms with Crippen molar-refractivity contribution in [1.82, 2.24) is 0 Å². The molecule has 2 aromatic rings. The molecule has 0 aromatic carbocycles. The van der Waals surface area contributed by atoms with Gasteiger partial charge in [-0.15, -0.1) is 34.4 Å². The first-order valence-electron chi connectivity index (χ1n) is 3.99. The van der Waals surface area contributed by atoms with Crippen LogP contribution in [-0.4, -0.2) is 6.26 Å². The molecule has 0 radical (unpaired) electrons. The van der Waals surface area contributed by atoms with Gasteiger partial charge in [-0.1, -0.05) is 0 Å². The van der Waals surface area contributed by atoms with E-state index in [2.05, 4.69) is 36.1 Å². The van der Waals surface area contributed by atoms with Crippen LogP contribution >= 0.6 is 34.4 Å². The Hall–Kier alpha value is -0.250. The number of hydrogen-bond acceptors (Lipinski definition) is 3. The second-order valence-electron chi connectivity index (χ2n) is 2.72. The second kappa shape index (κ2) is 3.86. The lowest BCUT2D eigenvalue weighted by Gasteiger charge is -1.99. The predicted octanol–water partition coefficient (Wildman–Crippen LogP) is 4.51. The Morgan fingerprint density at radius 2 is 1.77 bits per heavy atom. The van der Waals surface area contributed by atoms with E-state index in [1.54, 1.807) is 0 Å². The van der Waals surface area contributed by atoms with Crippen LogP contribution in [0, 0.1) is 6.92 Å². The smallest absolute Gasteiger partial charge is 0.0674 e. The van der Waals surface area contributed by atoms with Gasteiger partial charge in [0.1, 0.15) is 0 Å². The molecule has 0 aliphatic heterocycles. The first-order valence-corrected chi connectivity index (χ1v) is 6.97. The number of hydrogen-bond donors (Lipinski definition) is 0. The minimum Gasteiger partial charge on any atom is -0.149 e. The first kappa shape index (κ1) is 9.31. The van der Waals surface area contributed by atoms with Crippen LogP contribution in [-0.2, 0) is 0 Å². The molecule has 0 unspecified atom stereocenters. The lowest BCUT2D eigenvalue weighted by atomic mass is 10.1. The van der Waals surface area contributed by atoms with Crippen molar-refractivity contribution in [1.29, 1.82) is 0 Å². The number of thiophene rings is 2. The van der Waals surface area contributed by atoms with Crippen LogP contribution in [0.15, 0.2) is 27.1 Å². The summed E-state index contributed by atoms with van der Waals surface area (Å²) in [5.41, 5.74) is 2.80. The molecule has 68 valence electrons. The van der Waals surface area contributed by atoms with E-state index < -0.39 is 0 Å². The fraction of sp³-hybridized carbons (Fsp3) is 0.200. The van der Waals surface area contributed by atoms with E-state index in [0.717, 1.165) is 0 Å². The van der Waals surface area contributed by atoms with Gasteiger partial charge in [0, 0.05) is 10.4 Å². The van der Waals surface area contributed by atoms with E-state index in [0.29, 0.717) is 0 Å². The van der Waals surface area contributed by atoms with Gasteiger partial charge in [-0.3, -0.25) is 0 Å². The van der Waals surface area contributed by atoms with Crippen LogP contribution in [0.2, 0.25) is 0 Å². The number of rotatable bonds is 2. The highest BCUT2D eigenvalue weighted by molar-refractivity contribution is 8.00. The Morgan fingerprint density at radius 1 is 1.08 bits per heavy atom. The molecule has 0 atom stereocenters. The molecule has 0 aliphatic rings. The summed E-state index contributed by atoms with van der Waals surface area (Å²) in [6.45, 7) is 2.18. The second-order valence-corrected chi connectivity index (χ2v) is 5.83. The number of thioether (sulfide) groups is 1. The average Bonchev–Trinajstić information content (AvgIpc) is 2.71. The van der Waals surface area contributed by atoms with Gasteiger partial charge in [-0.2, -0.15) is 0 Å². The summed E-state index contributed by atoms with van der Waals surface area (Å²) in [5.74, 6) is 0. The molecular formula is C10H10S3. The molecule has 0 saturated heterocycles. The van der Waals surface area contributed by atoms with E-state index in [4.69, 9.17) is 0 Å². The normalized spacial score (nSPS) is 10.6. The average molecular weight is 226 g/mol. The van der Waals surface area contributed by atoms with Gasteiger partial charge in [0.25, 0.3) is 0 Å². The van der Waals surface area contributed by atoms with Gasteiger partial charge in [0.15, 0.2) is 0 Å². The van der Waals surface area contributed by atoms with Crippen LogP contribution in [0.25, 0.3) is 11.1 Å². The first-order chi connectivity index (χ1) is 6.33. The van der Waals surface area contributed by atoms with Crippen LogP contribution in [0.5, 0.6) is 0 Å². The molecule has 0 spiro atoms. The molecule has 0 fully saturated rings. The third-order valence-electron chi connectivity index (χ3n) is 1.96. The van der Waals surface area contributed by atoms with Crippen molar-refractivity contribution in [3.63, 3.8) is 0 Å². The van der Waals surface area contributed by atoms with Crippen molar-refractivity contribution < 1.29 is 0 Å². The summed E-state index contributed by atoms with van der Waals surface area (Å²) in [6.07, 6.45) is 2.14. The molecular weight excluding hydrogens is 216 g/mol. The fourth-order valence-corrected chi connectivity index (χ4v) is 3.61. The number of aryl methyl sites for hydroxylation is 1. The van der Waals surface area contributed by atoms with Gasteiger partial charge in [0.2, 0.25) is 0 Å². The standard InChI is InChI=1S/C10H10S3/c1-7-8(3-5-12-7)9-4-6-13-10(9)11-2/h3-6H,1-2H3. The van der Waals surface area contributed by atoms with E-state index in [1.165, 1.54) is 20.2 Å². The lowest BCUT2D eigenvalue weighted by molar-refractivity contribution is 1.57. The van der Waals surface area contributed by atoms with Crippen molar-refractivity contribution in [3.05, 3.63) is 27.8 Å². The Labute approximate surface area is 90.6 Å². The summed E-state index contributed by atoms with van der Waals surface area (Å²) in [6, 6.07) is 4.42. The van der Waals surface area contributed by atoms with Gasteiger partial charge >= 0.3 is 0 Å². The molecule has 2 heterocycles. The molecule has 3 heteroatoms. The Morgan fingerprint density at radius 3 is 2.38 bits per heavy atom.